The third kappa shape index (κ3) is 3.71. The molecular weight excluding hydrogens is 390 g/mol. The van der Waals surface area contributed by atoms with E-state index in [1.165, 1.54) is 4.88 Å². The van der Waals surface area contributed by atoms with Crippen molar-refractivity contribution in [3.8, 4) is 11.3 Å². The van der Waals surface area contributed by atoms with Gasteiger partial charge < -0.3 is 0 Å². The summed E-state index contributed by atoms with van der Waals surface area (Å²) in [5.74, 6) is 0. The Balaban J connectivity index is 2.14. The number of hydrogen-bond donors (Lipinski definition) is 0. The van der Waals surface area contributed by atoms with Crippen LogP contribution >= 0.6 is 38.6 Å². The van der Waals surface area contributed by atoms with Crippen LogP contribution in [-0.4, -0.2) is 16.9 Å². The summed E-state index contributed by atoms with van der Waals surface area (Å²) in [6.45, 7) is 4.82. The first kappa shape index (κ1) is 16.4. The van der Waals surface area contributed by atoms with Crippen molar-refractivity contribution in [2.24, 2.45) is 10.1 Å². The van der Waals surface area contributed by atoms with Crippen LogP contribution in [-0.2, 0) is 0 Å². The fourth-order valence-corrected chi connectivity index (χ4v) is 3.97. The molecule has 6 heteroatoms. The first-order chi connectivity index (χ1) is 11.2. The highest BCUT2D eigenvalue weighted by atomic mass is 79.9. The SMILES string of the molecule is CCN=c1scc(-c2ccc(Br)cc2)n1N=C(C)c1cccs1. The second-order valence-corrected chi connectivity index (χ2v) is 7.56. The third-order valence-corrected chi connectivity index (χ3v) is 5.61. The summed E-state index contributed by atoms with van der Waals surface area (Å²) in [6, 6.07) is 12.4. The van der Waals surface area contributed by atoms with Crippen molar-refractivity contribution in [3.63, 3.8) is 0 Å². The zero-order valence-electron chi connectivity index (χ0n) is 12.9. The van der Waals surface area contributed by atoms with Gasteiger partial charge in [0, 0.05) is 22.0 Å². The maximum atomic E-state index is 4.83. The molecule has 2 heterocycles. The molecule has 0 fully saturated rings. The van der Waals surface area contributed by atoms with Gasteiger partial charge in [-0.25, -0.2) is 4.68 Å². The normalized spacial score (nSPS) is 12.8. The molecule has 0 aliphatic carbocycles. The maximum absolute atomic E-state index is 4.83. The van der Waals surface area contributed by atoms with E-state index in [2.05, 4.69) is 49.9 Å². The topological polar surface area (TPSA) is 29.6 Å². The van der Waals surface area contributed by atoms with E-state index in [0.29, 0.717) is 0 Å². The molecule has 0 N–H and O–H groups in total. The minimum Gasteiger partial charge on any atom is -0.258 e. The quantitative estimate of drug-likeness (QED) is 0.531. The summed E-state index contributed by atoms with van der Waals surface area (Å²) in [5.41, 5.74) is 3.18. The molecule has 0 aliphatic rings. The Morgan fingerprint density at radius 1 is 1.17 bits per heavy atom. The molecule has 0 unspecified atom stereocenters. The molecule has 0 bridgehead atoms. The molecule has 0 radical (unpaired) electrons. The van der Waals surface area contributed by atoms with E-state index in [1.54, 1.807) is 22.7 Å². The largest absolute Gasteiger partial charge is 0.258 e. The van der Waals surface area contributed by atoms with Gasteiger partial charge in [0.05, 0.1) is 16.3 Å². The minimum atomic E-state index is 0.744. The molecule has 0 spiro atoms. The van der Waals surface area contributed by atoms with Gasteiger partial charge in [-0.1, -0.05) is 34.1 Å². The molecule has 0 amide bonds. The number of nitrogens with zero attached hydrogens (tertiary/aromatic N) is 3. The molecule has 1 aromatic carbocycles. The Bertz CT molecular complexity index is 871. The molecule has 23 heavy (non-hydrogen) atoms. The van der Waals surface area contributed by atoms with Crippen LogP contribution < -0.4 is 4.80 Å². The number of thiophene rings is 1. The lowest BCUT2D eigenvalue weighted by Crippen LogP contribution is -2.14. The first-order valence-electron chi connectivity index (χ1n) is 7.25. The highest BCUT2D eigenvalue weighted by Gasteiger charge is 2.09. The highest BCUT2D eigenvalue weighted by Crippen LogP contribution is 2.23. The van der Waals surface area contributed by atoms with Crippen molar-refractivity contribution in [2.45, 2.75) is 13.8 Å². The minimum absolute atomic E-state index is 0.744. The molecule has 118 valence electrons. The van der Waals surface area contributed by atoms with Gasteiger partial charge in [-0.15, -0.1) is 22.7 Å². The molecule has 0 atom stereocenters. The number of benzene rings is 1. The number of halogens is 1. The third-order valence-electron chi connectivity index (χ3n) is 3.25. The second-order valence-electron chi connectivity index (χ2n) is 4.86. The van der Waals surface area contributed by atoms with E-state index >= 15 is 0 Å². The second kappa shape index (κ2) is 7.38. The molecule has 0 saturated heterocycles. The van der Waals surface area contributed by atoms with Gasteiger partial charge >= 0.3 is 0 Å². The van der Waals surface area contributed by atoms with Gasteiger partial charge in [0.25, 0.3) is 0 Å². The standard InChI is InChI=1S/C17H16BrN3S2/c1-3-19-17-21(20-12(2)16-5-4-10-22-16)15(11-23-17)13-6-8-14(18)9-7-13/h4-11H,3H2,1-2H3. The van der Waals surface area contributed by atoms with Crippen LogP contribution in [0, 0.1) is 0 Å². The summed E-state index contributed by atoms with van der Waals surface area (Å²) in [6.07, 6.45) is 0. The van der Waals surface area contributed by atoms with Gasteiger partial charge in [-0.3, -0.25) is 4.99 Å². The molecule has 3 rings (SSSR count). The van der Waals surface area contributed by atoms with Crippen molar-refractivity contribution >= 4 is 44.3 Å². The lowest BCUT2D eigenvalue weighted by Gasteiger charge is -2.05. The average Bonchev–Trinajstić information content (AvgIpc) is 3.20. The number of aromatic nitrogens is 1. The summed E-state index contributed by atoms with van der Waals surface area (Å²) in [5, 5.41) is 9.01. The predicted octanol–water partition coefficient (Wildman–Crippen LogP) is 5.23. The van der Waals surface area contributed by atoms with E-state index in [9.17, 15) is 0 Å². The van der Waals surface area contributed by atoms with Gasteiger partial charge in [0.15, 0.2) is 0 Å². The lowest BCUT2D eigenvalue weighted by molar-refractivity contribution is 0.828. The molecular formula is C17H16BrN3S2. The summed E-state index contributed by atoms with van der Waals surface area (Å²) < 4.78 is 3.02. The predicted molar refractivity (Wildman–Crippen MR) is 103 cm³/mol. The Labute approximate surface area is 151 Å². The molecule has 0 saturated carbocycles. The summed E-state index contributed by atoms with van der Waals surface area (Å²) in [7, 11) is 0. The fourth-order valence-electron chi connectivity index (χ4n) is 2.14. The van der Waals surface area contributed by atoms with Gasteiger partial charge in [-0.05, 0) is 37.4 Å². The monoisotopic (exact) mass is 405 g/mol. The zero-order valence-corrected chi connectivity index (χ0v) is 16.1. The smallest absolute Gasteiger partial charge is 0.206 e. The van der Waals surface area contributed by atoms with Crippen LogP contribution in [0.4, 0.5) is 0 Å². The molecule has 2 aromatic heterocycles. The highest BCUT2D eigenvalue weighted by molar-refractivity contribution is 9.10. The van der Waals surface area contributed by atoms with E-state index in [4.69, 9.17) is 5.10 Å². The molecule has 3 aromatic rings. The maximum Gasteiger partial charge on any atom is 0.206 e. The van der Waals surface area contributed by atoms with Crippen LogP contribution in [0.5, 0.6) is 0 Å². The molecule has 0 aliphatic heterocycles. The van der Waals surface area contributed by atoms with Crippen LogP contribution in [0.25, 0.3) is 11.3 Å². The van der Waals surface area contributed by atoms with Crippen LogP contribution in [0.15, 0.2) is 61.7 Å². The van der Waals surface area contributed by atoms with Crippen molar-refractivity contribution in [1.29, 1.82) is 0 Å². The van der Waals surface area contributed by atoms with Crippen LogP contribution in [0.1, 0.15) is 18.7 Å². The van der Waals surface area contributed by atoms with Crippen molar-refractivity contribution < 1.29 is 0 Å². The number of rotatable bonds is 4. The zero-order chi connectivity index (χ0) is 16.2. The Kier molecular flexibility index (Phi) is 5.25. The van der Waals surface area contributed by atoms with Crippen molar-refractivity contribution in [1.82, 2.24) is 4.68 Å². The lowest BCUT2D eigenvalue weighted by atomic mass is 10.2. The van der Waals surface area contributed by atoms with Gasteiger partial charge in [0.1, 0.15) is 0 Å². The average molecular weight is 406 g/mol. The fraction of sp³-hybridized carbons (Fsp3) is 0.176. The van der Waals surface area contributed by atoms with E-state index in [1.807, 2.05) is 36.7 Å². The first-order valence-corrected chi connectivity index (χ1v) is 9.80. The molecule has 3 nitrogen and oxygen atoms in total. The van der Waals surface area contributed by atoms with Crippen molar-refractivity contribution in [3.05, 3.63) is 61.3 Å². The number of hydrogen-bond acceptors (Lipinski definition) is 4. The Morgan fingerprint density at radius 2 is 1.96 bits per heavy atom. The van der Waals surface area contributed by atoms with Gasteiger partial charge in [-0.2, -0.15) is 5.10 Å². The van der Waals surface area contributed by atoms with E-state index < -0.39 is 0 Å². The van der Waals surface area contributed by atoms with Crippen LogP contribution in [0.2, 0.25) is 0 Å². The van der Waals surface area contributed by atoms with Crippen molar-refractivity contribution in [2.75, 3.05) is 6.54 Å². The van der Waals surface area contributed by atoms with Gasteiger partial charge in [0.2, 0.25) is 4.80 Å². The Hall–Kier alpha value is -1.50. The van der Waals surface area contributed by atoms with Crippen LogP contribution in [0.3, 0.4) is 0 Å². The van der Waals surface area contributed by atoms with E-state index in [0.717, 1.165) is 32.8 Å². The Morgan fingerprint density at radius 3 is 2.61 bits per heavy atom. The summed E-state index contributed by atoms with van der Waals surface area (Å²) >= 11 is 6.80. The number of thiazole rings is 1. The van der Waals surface area contributed by atoms with E-state index in [-0.39, 0.29) is 0 Å². The summed E-state index contributed by atoms with van der Waals surface area (Å²) in [4.78, 5) is 6.67.